The maximum absolute atomic E-state index is 6.34. The Balaban J connectivity index is 0.00000264. The highest BCUT2D eigenvalue weighted by Crippen LogP contribution is 2.38. The molecule has 4 heteroatoms. The summed E-state index contributed by atoms with van der Waals surface area (Å²) in [6.07, 6.45) is 1.40. The smallest absolute Gasteiger partial charge is 0.119 e. The standard InChI is InChI=1S/C19H22BrNO.ClH/c1-15(20)13-18(21)14-19(22-2,16-9-5-3-6-10-16)17-11-7-4-8-12-17;/h3-12,18H,1,13-14,21H2,2H3;1H. The van der Waals surface area contributed by atoms with E-state index in [0.29, 0.717) is 12.8 Å². The number of halogens is 2. The second-order valence-corrected chi connectivity index (χ2v) is 6.57. The molecule has 0 fully saturated rings. The Kier molecular flexibility index (Phi) is 8.00. The molecular formula is C19H23BrClNO. The van der Waals surface area contributed by atoms with Crippen molar-refractivity contribution in [3.63, 3.8) is 0 Å². The summed E-state index contributed by atoms with van der Waals surface area (Å²) in [6.45, 7) is 3.89. The van der Waals surface area contributed by atoms with E-state index in [0.717, 1.165) is 15.6 Å². The zero-order valence-electron chi connectivity index (χ0n) is 13.2. The predicted molar refractivity (Wildman–Crippen MR) is 103 cm³/mol. The van der Waals surface area contributed by atoms with Crippen LogP contribution in [0.2, 0.25) is 0 Å². The predicted octanol–water partition coefficient (Wildman–Crippen LogP) is 5.01. The van der Waals surface area contributed by atoms with Crippen LogP contribution in [0.25, 0.3) is 0 Å². The zero-order chi connectivity index (χ0) is 16.0. The van der Waals surface area contributed by atoms with E-state index in [2.05, 4.69) is 46.8 Å². The molecule has 124 valence electrons. The Hall–Kier alpha value is -1.13. The van der Waals surface area contributed by atoms with Gasteiger partial charge in [0.05, 0.1) is 0 Å². The number of hydrogen-bond donors (Lipinski definition) is 1. The lowest BCUT2D eigenvalue weighted by Crippen LogP contribution is -2.37. The minimum atomic E-state index is -0.551. The van der Waals surface area contributed by atoms with Gasteiger partial charge in [0.25, 0.3) is 0 Å². The minimum absolute atomic E-state index is 0. The second-order valence-electron chi connectivity index (χ2n) is 5.45. The van der Waals surface area contributed by atoms with Crippen LogP contribution in [0.5, 0.6) is 0 Å². The number of ether oxygens (including phenoxy) is 1. The molecule has 0 spiro atoms. The first-order valence-electron chi connectivity index (χ1n) is 7.33. The Bertz CT molecular complexity index is 564. The quantitative estimate of drug-likeness (QED) is 0.713. The fourth-order valence-corrected chi connectivity index (χ4v) is 3.28. The molecule has 2 aromatic carbocycles. The van der Waals surface area contributed by atoms with Crippen molar-refractivity contribution in [2.24, 2.45) is 5.73 Å². The summed E-state index contributed by atoms with van der Waals surface area (Å²) in [6, 6.07) is 20.4. The average molecular weight is 397 g/mol. The summed E-state index contributed by atoms with van der Waals surface area (Å²) < 4.78 is 6.95. The van der Waals surface area contributed by atoms with Gasteiger partial charge in [-0.25, -0.2) is 0 Å². The van der Waals surface area contributed by atoms with E-state index in [1.807, 2.05) is 36.4 Å². The largest absolute Gasteiger partial charge is 0.369 e. The zero-order valence-corrected chi connectivity index (χ0v) is 15.6. The molecule has 1 atom stereocenters. The molecule has 0 amide bonds. The Morgan fingerprint density at radius 2 is 1.52 bits per heavy atom. The summed E-state index contributed by atoms with van der Waals surface area (Å²) in [5.41, 5.74) is 8.01. The first kappa shape index (κ1) is 19.9. The Morgan fingerprint density at radius 1 is 1.09 bits per heavy atom. The van der Waals surface area contributed by atoms with Crippen LogP contribution in [0.3, 0.4) is 0 Å². The maximum Gasteiger partial charge on any atom is 0.119 e. The van der Waals surface area contributed by atoms with Crippen molar-refractivity contribution in [3.8, 4) is 0 Å². The molecule has 0 aliphatic heterocycles. The van der Waals surface area contributed by atoms with Gasteiger partial charge in [0.2, 0.25) is 0 Å². The van der Waals surface area contributed by atoms with Gasteiger partial charge in [0, 0.05) is 19.6 Å². The topological polar surface area (TPSA) is 35.2 Å². The molecule has 2 aromatic rings. The van der Waals surface area contributed by atoms with E-state index < -0.39 is 5.60 Å². The van der Waals surface area contributed by atoms with Gasteiger partial charge in [0.15, 0.2) is 0 Å². The molecule has 0 saturated heterocycles. The molecule has 0 aliphatic carbocycles. The third-order valence-corrected chi connectivity index (χ3v) is 4.19. The van der Waals surface area contributed by atoms with E-state index in [1.54, 1.807) is 7.11 Å². The van der Waals surface area contributed by atoms with Crippen LogP contribution in [0.1, 0.15) is 24.0 Å². The van der Waals surface area contributed by atoms with Gasteiger partial charge >= 0.3 is 0 Å². The number of nitrogens with two attached hydrogens (primary N) is 1. The van der Waals surface area contributed by atoms with Gasteiger partial charge in [-0.1, -0.05) is 83.2 Å². The van der Waals surface area contributed by atoms with E-state index in [1.165, 1.54) is 0 Å². The third kappa shape index (κ3) is 4.92. The molecule has 0 aromatic heterocycles. The molecule has 0 radical (unpaired) electrons. The van der Waals surface area contributed by atoms with Crippen molar-refractivity contribution < 1.29 is 4.74 Å². The van der Waals surface area contributed by atoms with Crippen molar-refractivity contribution in [1.82, 2.24) is 0 Å². The van der Waals surface area contributed by atoms with Crippen LogP contribution in [-0.2, 0) is 10.3 Å². The van der Waals surface area contributed by atoms with E-state index in [-0.39, 0.29) is 18.4 Å². The van der Waals surface area contributed by atoms with E-state index in [9.17, 15) is 0 Å². The molecule has 0 heterocycles. The number of hydrogen-bond acceptors (Lipinski definition) is 2. The van der Waals surface area contributed by atoms with Crippen molar-refractivity contribution in [3.05, 3.63) is 82.9 Å². The molecule has 0 bridgehead atoms. The lowest BCUT2D eigenvalue weighted by Gasteiger charge is -2.36. The SMILES string of the molecule is C=C(Br)CC(N)CC(OC)(c1ccccc1)c1ccccc1.Cl. The summed E-state index contributed by atoms with van der Waals surface area (Å²) in [5, 5.41) is 0. The van der Waals surface area contributed by atoms with Gasteiger partial charge < -0.3 is 10.5 Å². The van der Waals surface area contributed by atoms with Crippen LogP contribution < -0.4 is 5.73 Å². The third-order valence-electron chi connectivity index (χ3n) is 3.86. The van der Waals surface area contributed by atoms with Crippen molar-refractivity contribution in [2.45, 2.75) is 24.5 Å². The van der Waals surface area contributed by atoms with Gasteiger partial charge in [0.1, 0.15) is 5.60 Å². The van der Waals surface area contributed by atoms with Gasteiger partial charge in [-0.2, -0.15) is 0 Å². The second kappa shape index (κ2) is 9.24. The van der Waals surface area contributed by atoms with E-state index in [4.69, 9.17) is 10.5 Å². The van der Waals surface area contributed by atoms with Gasteiger partial charge in [-0.3, -0.25) is 0 Å². The summed E-state index contributed by atoms with van der Waals surface area (Å²) in [4.78, 5) is 0. The minimum Gasteiger partial charge on any atom is -0.369 e. The highest BCUT2D eigenvalue weighted by molar-refractivity contribution is 9.11. The summed E-state index contributed by atoms with van der Waals surface area (Å²) >= 11 is 3.40. The molecule has 1 unspecified atom stereocenters. The van der Waals surface area contributed by atoms with Crippen LogP contribution in [-0.4, -0.2) is 13.2 Å². The molecule has 0 saturated carbocycles. The highest BCUT2D eigenvalue weighted by Gasteiger charge is 2.35. The fourth-order valence-electron chi connectivity index (χ4n) is 2.86. The molecule has 2 nitrogen and oxygen atoms in total. The summed E-state index contributed by atoms with van der Waals surface area (Å²) in [7, 11) is 1.75. The van der Waals surface area contributed by atoms with Crippen molar-refractivity contribution in [2.75, 3.05) is 7.11 Å². The van der Waals surface area contributed by atoms with Crippen LogP contribution in [0, 0.1) is 0 Å². The monoisotopic (exact) mass is 395 g/mol. The van der Waals surface area contributed by atoms with Gasteiger partial charge in [-0.15, -0.1) is 12.4 Å². The van der Waals surface area contributed by atoms with E-state index >= 15 is 0 Å². The van der Waals surface area contributed by atoms with Crippen molar-refractivity contribution >= 4 is 28.3 Å². The summed E-state index contributed by atoms with van der Waals surface area (Å²) in [5.74, 6) is 0. The maximum atomic E-state index is 6.34. The number of rotatable bonds is 7. The molecule has 2 rings (SSSR count). The number of methoxy groups -OCH3 is 1. The normalized spacial score (nSPS) is 12.3. The van der Waals surface area contributed by atoms with Crippen LogP contribution in [0.15, 0.2) is 71.7 Å². The lowest BCUT2D eigenvalue weighted by atomic mass is 9.80. The van der Waals surface area contributed by atoms with Gasteiger partial charge in [-0.05, 0) is 22.0 Å². The molecular weight excluding hydrogens is 374 g/mol. The van der Waals surface area contributed by atoms with Crippen LogP contribution >= 0.6 is 28.3 Å². The van der Waals surface area contributed by atoms with Crippen LogP contribution in [0.4, 0.5) is 0 Å². The number of benzene rings is 2. The lowest BCUT2D eigenvalue weighted by molar-refractivity contribution is 0.00908. The molecule has 0 aliphatic rings. The fraction of sp³-hybridized carbons (Fsp3) is 0.263. The molecule has 2 N–H and O–H groups in total. The first-order valence-corrected chi connectivity index (χ1v) is 8.13. The Labute approximate surface area is 153 Å². The average Bonchev–Trinajstić information content (AvgIpc) is 2.53. The highest BCUT2D eigenvalue weighted by atomic mass is 79.9. The Morgan fingerprint density at radius 3 is 1.87 bits per heavy atom. The molecule has 23 heavy (non-hydrogen) atoms. The van der Waals surface area contributed by atoms with Crippen molar-refractivity contribution in [1.29, 1.82) is 0 Å². The first-order chi connectivity index (χ1) is 10.6.